The zero-order valence-corrected chi connectivity index (χ0v) is 14.9. The maximum atomic E-state index is 10.2. The van der Waals surface area contributed by atoms with E-state index in [9.17, 15) is 10.2 Å². The van der Waals surface area contributed by atoms with Crippen molar-refractivity contribution < 1.29 is 19.7 Å². The predicted molar refractivity (Wildman–Crippen MR) is 97.8 cm³/mol. The summed E-state index contributed by atoms with van der Waals surface area (Å²) in [5, 5.41) is 23.1. The molecule has 1 aliphatic rings. The first kappa shape index (κ1) is 17.3. The van der Waals surface area contributed by atoms with Gasteiger partial charge in [0, 0.05) is 18.7 Å². The molecule has 1 unspecified atom stereocenters. The molecular weight excluding hydrogens is 350 g/mol. The van der Waals surface area contributed by atoms with Crippen molar-refractivity contribution in [3.63, 3.8) is 0 Å². The third-order valence-electron chi connectivity index (χ3n) is 4.67. The van der Waals surface area contributed by atoms with Crippen LogP contribution in [0, 0.1) is 0 Å². The predicted octanol–water partition coefficient (Wildman–Crippen LogP) is 2.56. The van der Waals surface area contributed by atoms with Gasteiger partial charge in [0.25, 0.3) is 0 Å². The van der Waals surface area contributed by atoms with E-state index < -0.39 is 0 Å². The fraction of sp³-hybridized carbons (Fsp3) is 0.389. The fourth-order valence-electron chi connectivity index (χ4n) is 3.26. The minimum Gasteiger partial charge on any atom is -0.504 e. The highest BCUT2D eigenvalue weighted by atomic mass is 16.5. The number of nitrogens with zero attached hydrogens (tertiary/aromatic N) is 4. The minimum absolute atomic E-state index is 0.0425. The topological polar surface area (TPSA) is 115 Å². The average molecular weight is 371 g/mol. The number of hydrogen-bond donors (Lipinski definition) is 3. The second-order valence-electron chi connectivity index (χ2n) is 6.35. The van der Waals surface area contributed by atoms with Gasteiger partial charge in [-0.1, -0.05) is 0 Å². The number of rotatable bonds is 5. The number of phenolic OH excluding ortho intramolecular Hbond substituents is 2. The zero-order valence-electron chi connectivity index (χ0n) is 14.9. The summed E-state index contributed by atoms with van der Waals surface area (Å²) >= 11 is 0. The molecule has 1 atom stereocenters. The maximum absolute atomic E-state index is 10.2. The van der Waals surface area contributed by atoms with Crippen molar-refractivity contribution in [3.05, 3.63) is 30.4 Å². The van der Waals surface area contributed by atoms with E-state index in [1.54, 1.807) is 12.4 Å². The number of imidazole rings is 1. The number of methoxy groups -OCH3 is 1. The van der Waals surface area contributed by atoms with Crippen molar-refractivity contribution in [3.8, 4) is 17.2 Å². The van der Waals surface area contributed by atoms with Crippen LogP contribution in [0.4, 0.5) is 5.82 Å². The summed E-state index contributed by atoms with van der Waals surface area (Å²) in [6.45, 7) is 1.02. The summed E-state index contributed by atoms with van der Waals surface area (Å²) in [6.07, 6.45) is 6.26. The zero-order chi connectivity index (χ0) is 18.8. The van der Waals surface area contributed by atoms with E-state index in [0.717, 1.165) is 25.9 Å². The standard InChI is InChI=1S/C18H21N5O4/c1-26-16-12(24)6-5-11(15(16)25)8-19-17-14-18(21-9-20-17)23(10-22-14)13-4-2-3-7-27-13/h5-6,9-10,13,24-25H,2-4,7-8H2,1H3,(H,19,20,21). The molecule has 2 aromatic heterocycles. The Morgan fingerprint density at radius 3 is 2.93 bits per heavy atom. The Morgan fingerprint density at radius 1 is 1.26 bits per heavy atom. The minimum atomic E-state index is -0.116. The van der Waals surface area contributed by atoms with E-state index in [0.29, 0.717) is 22.5 Å². The molecule has 1 saturated heterocycles. The summed E-state index contributed by atoms with van der Waals surface area (Å²) in [5.41, 5.74) is 1.90. The van der Waals surface area contributed by atoms with Crippen LogP contribution in [0.5, 0.6) is 17.2 Å². The van der Waals surface area contributed by atoms with E-state index >= 15 is 0 Å². The van der Waals surface area contributed by atoms with E-state index in [1.807, 2.05) is 4.57 Å². The Labute approximate surface area is 155 Å². The van der Waals surface area contributed by atoms with Gasteiger partial charge in [-0.15, -0.1) is 0 Å². The number of nitrogens with one attached hydrogen (secondary N) is 1. The van der Waals surface area contributed by atoms with Gasteiger partial charge in [0.15, 0.2) is 28.5 Å². The molecule has 0 aliphatic carbocycles. The van der Waals surface area contributed by atoms with Crippen LogP contribution in [0.3, 0.4) is 0 Å². The van der Waals surface area contributed by atoms with Crippen molar-refractivity contribution >= 4 is 17.0 Å². The molecule has 1 aliphatic heterocycles. The van der Waals surface area contributed by atoms with E-state index in [-0.39, 0.29) is 30.0 Å². The van der Waals surface area contributed by atoms with E-state index in [1.165, 1.54) is 19.5 Å². The quantitative estimate of drug-likeness (QED) is 0.627. The number of benzene rings is 1. The van der Waals surface area contributed by atoms with E-state index in [2.05, 4.69) is 20.3 Å². The summed E-state index contributed by atoms with van der Waals surface area (Å²) < 4.78 is 12.8. The van der Waals surface area contributed by atoms with Gasteiger partial charge in [-0.3, -0.25) is 4.57 Å². The molecule has 142 valence electrons. The largest absolute Gasteiger partial charge is 0.504 e. The number of hydrogen-bond acceptors (Lipinski definition) is 8. The third-order valence-corrected chi connectivity index (χ3v) is 4.67. The van der Waals surface area contributed by atoms with Gasteiger partial charge in [0.1, 0.15) is 12.6 Å². The Balaban J connectivity index is 1.59. The number of phenols is 2. The Kier molecular flexibility index (Phi) is 4.68. The van der Waals surface area contributed by atoms with Crippen LogP contribution in [0.25, 0.3) is 11.2 Å². The van der Waals surface area contributed by atoms with Crippen LogP contribution in [0.1, 0.15) is 31.1 Å². The molecule has 9 heteroatoms. The number of aromatic hydroxyl groups is 2. The highest BCUT2D eigenvalue weighted by Crippen LogP contribution is 2.38. The van der Waals surface area contributed by atoms with Crippen LogP contribution in [-0.4, -0.2) is 43.4 Å². The molecular formula is C18H21N5O4. The smallest absolute Gasteiger partial charge is 0.203 e. The third kappa shape index (κ3) is 3.21. The van der Waals surface area contributed by atoms with Crippen LogP contribution in [0.15, 0.2) is 24.8 Å². The van der Waals surface area contributed by atoms with Gasteiger partial charge in [0.05, 0.1) is 13.4 Å². The number of anilines is 1. The molecule has 0 spiro atoms. The first-order valence-electron chi connectivity index (χ1n) is 8.80. The van der Waals surface area contributed by atoms with Crippen molar-refractivity contribution in [2.24, 2.45) is 0 Å². The average Bonchev–Trinajstić information content (AvgIpc) is 3.13. The van der Waals surface area contributed by atoms with Gasteiger partial charge in [-0.05, 0) is 31.4 Å². The summed E-state index contributed by atoms with van der Waals surface area (Å²) in [7, 11) is 1.39. The molecule has 1 fully saturated rings. The van der Waals surface area contributed by atoms with Gasteiger partial charge < -0.3 is 25.0 Å². The number of aromatic nitrogens is 4. The molecule has 0 amide bonds. The number of fused-ring (bicyclic) bond motifs is 1. The lowest BCUT2D eigenvalue weighted by molar-refractivity contribution is -0.0298. The fourth-order valence-corrected chi connectivity index (χ4v) is 3.26. The molecule has 0 bridgehead atoms. The molecule has 3 N–H and O–H groups in total. The second kappa shape index (κ2) is 7.28. The molecule has 0 radical (unpaired) electrons. The molecule has 3 heterocycles. The maximum Gasteiger partial charge on any atom is 0.203 e. The van der Waals surface area contributed by atoms with Crippen LogP contribution < -0.4 is 10.1 Å². The van der Waals surface area contributed by atoms with Crippen molar-refractivity contribution in [2.45, 2.75) is 32.0 Å². The molecule has 27 heavy (non-hydrogen) atoms. The van der Waals surface area contributed by atoms with E-state index in [4.69, 9.17) is 9.47 Å². The lowest BCUT2D eigenvalue weighted by Gasteiger charge is -2.23. The number of ether oxygens (including phenoxy) is 2. The first-order chi connectivity index (χ1) is 13.2. The first-order valence-corrected chi connectivity index (χ1v) is 8.80. The summed E-state index contributed by atoms with van der Waals surface area (Å²) in [4.78, 5) is 13.1. The van der Waals surface area contributed by atoms with Crippen LogP contribution in [-0.2, 0) is 11.3 Å². The lowest BCUT2D eigenvalue weighted by Crippen LogP contribution is -2.17. The van der Waals surface area contributed by atoms with Crippen LogP contribution >= 0.6 is 0 Å². The molecule has 1 aromatic carbocycles. The SMILES string of the molecule is COc1c(O)ccc(CNc2ncnc3c2ncn3C2CCCCO2)c1O. The summed E-state index contributed by atoms with van der Waals surface area (Å²) in [5.74, 6) is 0.368. The van der Waals surface area contributed by atoms with Crippen molar-refractivity contribution in [1.82, 2.24) is 19.5 Å². The molecule has 9 nitrogen and oxygen atoms in total. The highest BCUT2D eigenvalue weighted by molar-refractivity contribution is 5.82. The molecule has 0 saturated carbocycles. The van der Waals surface area contributed by atoms with Crippen LogP contribution in [0.2, 0.25) is 0 Å². The highest BCUT2D eigenvalue weighted by Gasteiger charge is 2.20. The Hall–Kier alpha value is -3.07. The summed E-state index contributed by atoms with van der Waals surface area (Å²) in [6, 6.07) is 3.09. The van der Waals surface area contributed by atoms with Crippen molar-refractivity contribution in [2.75, 3.05) is 19.0 Å². The van der Waals surface area contributed by atoms with Gasteiger partial charge in [0.2, 0.25) is 5.75 Å². The molecule has 4 rings (SSSR count). The normalized spacial score (nSPS) is 17.1. The Morgan fingerprint density at radius 2 is 2.15 bits per heavy atom. The van der Waals surface area contributed by atoms with Gasteiger partial charge >= 0.3 is 0 Å². The second-order valence-corrected chi connectivity index (χ2v) is 6.35. The lowest BCUT2D eigenvalue weighted by atomic mass is 10.1. The van der Waals surface area contributed by atoms with Gasteiger partial charge in [-0.25, -0.2) is 15.0 Å². The Bertz CT molecular complexity index is 952. The van der Waals surface area contributed by atoms with Crippen molar-refractivity contribution in [1.29, 1.82) is 0 Å². The van der Waals surface area contributed by atoms with Gasteiger partial charge in [-0.2, -0.15) is 0 Å². The molecule has 3 aromatic rings. The monoisotopic (exact) mass is 371 g/mol.